The summed E-state index contributed by atoms with van der Waals surface area (Å²) in [6.07, 6.45) is 1.20. The second-order valence-electron chi connectivity index (χ2n) is 5.79. The zero-order valence-electron chi connectivity index (χ0n) is 13.4. The van der Waals surface area contributed by atoms with Crippen molar-refractivity contribution in [3.8, 4) is 11.4 Å². The van der Waals surface area contributed by atoms with Crippen LogP contribution in [0.4, 0.5) is 4.39 Å². The van der Waals surface area contributed by atoms with Gasteiger partial charge in [-0.05, 0) is 25.0 Å². The normalized spacial score (nSPS) is 15.3. The van der Waals surface area contributed by atoms with Crippen molar-refractivity contribution >= 4 is 23.6 Å². The molecule has 0 saturated carbocycles. The minimum Gasteiger partial charge on any atom is -0.369 e. The number of halogens is 1. The van der Waals surface area contributed by atoms with Crippen molar-refractivity contribution in [3.63, 3.8) is 0 Å². The van der Waals surface area contributed by atoms with Crippen LogP contribution in [0.3, 0.4) is 0 Å². The molecule has 0 aliphatic carbocycles. The first-order valence-electron chi connectivity index (χ1n) is 7.92. The van der Waals surface area contributed by atoms with Crippen molar-refractivity contribution in [3.05, 3.63) is 30.1 Å². The molecule has 0 unspecified atom stereocenters. The van der Waals surface area contributed by atoms with Gasteiger partial charge in [-0.2, -0.15) is 0 Å². The Hall–Kier alpha value is -2.42. The molecule has 132 valence electrons. The maximum Gasteiger partial charge on any atom is 0.233 e. The van der Waals surface area contributed by atoms with Gasteiger partial charge in [0.15, 0.2) is 5.82 Å². The van der Waals surface area contributed by atoms with Gasteiger partial charge in [0.25, 0.3) is 0 Å². The number of rotatable bonds is 5. The number of carbonyl (C=O) groups is 2. The van der Waals surface area contributed by atoms with Crippen LogP contribution in [-0.4, -0.2) is 50.7 Å². The number of amides is 2. The van der Waals surface area contributed by atoms with Crippen molar-refractivity contribution < 1.29 is 14.0 Å². The molecular weight excluding hydrogens is 345 g/mol. The highest BCUT2D eigenvalue weighted by atomic mass is 32.2. The average Bonchev–Trinajstić information content (AvgIpc) is 3.09. The quantitative estimate of drug-likeness (QED) is 0.782. The molecule has 0 spiro atoms. The van der Waals surface area contributed by atoms with Crippen LogP contribution in [0.15, 0.2) is 29.4 Å². The van der Waals surface area contributed by atoms with Crippen molar-refractivity contribution in [1.29, 1.82) is 0 Å². The predicted molar refractivity (Wildman–Crippen MR) is 91.0 cm³/mol. The number of H-pyrrole nitrogens is 1. The van der Waals surface area contributed by atoms with Gasteiger partial charge in [-0.25, -0.2) is 9.37 Å². The maximum absolute atomic E-state index is 13.7. The molecule has 1 aromatic heterocycles. The third kappa shape index (κ3) is 4.16. The summed E-state index contributed by atoms with van der Waals surface area (Å²) >= 11 is 1.19. The second kappa shape index (κ2) is 7.64. The van der Waals surface area contributed by atoms with E-state index in [1.807, 2.05) is 0 Å². The van der Waals surface area contributed by atoms with Crippen LogP contribution in [0, 0.1) is 11.7 Å². The molecule has 1 fully saturated rings. The first-order chi connectivity index (χ1) is 12.0. The highest BCUT2D eigenvalue weighted by Crippen LogP contribution is 2.23. The lowest BCUT2D eigenvalue weighted by Crippen LogP contribution is -2.42. The Kier molecular flexibility index (Phi) is 5.32. The molecule has 1 saturated heterocycles. The lowest BCUT2D eigenvalue weighted by molar-refractivity contribution is -0.132. The van der Waals surface area contributed by atoms with Crippen LogP contribution < -0.4 is 5.73 Å². The van der Waals surface area contributed by atoms with Gasteiger partial charge in [-0.1, -0.05) is 23.9 Å². The van der Waals surface area contributed by atoms with Crippen LogP contribution in [0.2, 0.25) is 0 Å². The van der Waals surface area contributed by atoms with E-state index in [4.69, 9.17) is 5.73 Å². The number of nitrogens with two attached hydrogens (primary N) is 1. The van der Waals surface area contributed by atoms with Crippen LogP contribution in [0.1, 0.15) is 12.8 Å². The first-order valence-corrected chi connectivity index (χ1v) is 8.90. The molecule has 7 nitrogen and oxygen atoms in total. The minimum atomic E-state index is -0.386. The fourth-order valence-electron chi connectivity index (χ4n) is 2.72. The molecule has 2 amide bonds. The number of thioether (sulfide) groups is 1. The van der Waals surface area contributed by atoms with Gasteiger partial charge < -0.3 is 10.6 Å². The van der Waals surface area contributed by atoms with E-state index in [0.717, 1.165) is 0 Å². The molecule has 1 aliphatic rings. The standard InChI is InChI=1S/C16H18FN5O2S/c17-12-4-2-1-3-11(12)15-19-16(21-20-15)25-9-13(23)22-7-5-10(6-8-22)14(18)24/h1-4,10H,5-9H2,(H2,18,24)(H,19,20,21). The van der Waals surface area contributed by atoms with Crippen molar-refractivity contribution in [2.75, 3.05) is 18.8 Å². The number of primary amides is 1. The zero-order chi connectivity index (χ0) is 17.8. The molecule has 2 aromatic rings. The Morgan fingerprint density at radius 3 is 2.72 bits per heavy atom. The van der Waals surface area contributed by atoms with E-state index in [9.17, 15) is 14.0 Å². The van der Waals surface area contributed by atoms with E-state index >= 15 is 0 Å². The average molecular weight is 363 g/mol. The Bertz CT molecular complexity index is 773. The summed E-state index contributed by atoms with van der Waals surface area (Å²) in [7, 11) is 0. The van der Waals surface area contributed by atoms with Crippen LogP contribution in [0.5, 0.6) is 0 Å². The van der Waals surface area contributed by atoms with Crippen LogP contribution >= 0.6 is 11.8 Å². The van der Waals surface area contributed by atoms with E-state index in [0.29, 0.717) is 42.5 Å². The second-order valence-corrected chi connectivity index (χ2v) is 6.74. The third-order valence-corrected chi connectivity index (χ3v) is 5.00. The minimum absolute atomic E-state index is 0.0369. The molecule has 3 rings (SSSR count). The Balaban J connectivity index is 1.53. The molecule has 3 N–H and O–H groups in total. The molecule has 1 aromatic carbocycles. The third-order valence-electron chi connectivity index (χ3n) is 4.17. The number of hydrogen-bond donors (Lipinski definition) is 2. The molecule has 9 heteroatoms. The highest BCUT2D eigenvalue weighted by molar-refractivity contribution is 7.99. The van der Waals surface area contributed by atoms with E-state index < -0.39 is 0 Å². The number of nitrogens with zero attached hydrogens (tertiary/aromatic N) is 3. The number of aromatic nitrogens is 3. The maximum atomic E-state index is 13.7. The van der Waals surface area contributed by atoms with E-state index in [2.05, 4.69) is 15.2 Å². The summed E-state index contributed by atoms with van der Waals surface area (Å²) in [5, 5.41) is 7.09. The van der Waals surface area contributed by atoms with Gasteiger partial charge >= 0.3 is 0 Å². The number of piperidine rings is 1. The highest BCUT2D eigenvalue weighted by Gasteiger charge is 2.26. The molecule has 2 heterocycles. The smallest absolute Gasteiger partial charge is 0.233 e. The molecule has 25 heavy (non-hydrogen) atoms. The first kappa shape index (κ1) is 17.4. The summed E-state index contributed by atoms with van der Waals surface area (Å²) in [4.78, 5) is 29.3. The summed E-state index contributed by atoms with van der Waals surface area (Å²) in [6.45, 7) is 1.06. The van der Waals surface area contributed by atoms with Gasteiger partial charge in [0.1, 0.15) is 5.82 Å². The molecule has 0 radical (unpaired) electrons. The van der Waals surface area contributed by atoms with Crippen LogP contribution in [0.25, 0.3) is 11.4 Å². The molecule has 0 atom stereocenters. The van der Waals surface area contributed by atoms with E-state index in [1.54, 1.807) is 23.1 Å². The Morgan fingerprint density at radius 1 is 1.32 bits per heavy atom. The Morgan fingerprint density at radius 2 is 2.04 bits per heavy atom. The van der Waals surface area contributed by atoms with Gasteiger partial charge in [0.2, 0.25) is 17.0 Å². The largest absolute Gasteiger partial charge is 0.369 e. The van der Waals surface area contributed by atoms with Gasteiger partial charge in [0.05, 0.1) is 11.3 Å². The van der Waals surface area contributed by atoms with E-state index in [-0.39, 0.29) is 29.3 Å². The van der Waals surface area contributed by atoms with Gasteiger partial charge in [0, 0.05) is 19.0 Å². The summed E-state index contributed by atoms with van der Waals surface area (Å²) in [6, 6.07) is 6.28. The number of hydrogen-bond acceptors (Lipinski definition) is 5. The number of benzene rings is 1. The molecule has 1 aliphatic heterocycles. The van der Waals surface area contributed by atoms with E-state index in [1.165, 1.54) is 17.8 Å². The Labute approximate surface area is 148 Å². The fourth-order valence-corrected chi connectivity index (χ4v) is 3.42. The number of aromatic amines is 1. The lowest BCUT2D eigenvalue weighted by Gasteiger charge is -2.30. The number of likely N-dealkylation sites (tertiary alicyclic amines) is 1. The van der Waals surface area contributed by atoms with Crippen molar-refractivity contribution in [1.82, 2.24) is 20.1 Å². The van der Waals surface area contributed by atoms with Crippen LogP contribution in [-0.2, 0) is 9.59 Å². The zero-order valence-corrected chi connectivity index (χ0v) is 14.3. The summed E-state index contributed by atoms with van der Waals surface area (Å²) in [5.41, 5.74) is 5.63. The topological polar surface area (TPSA) is 105 Å². The van der Waals surface area contributed by atoms with Gasteiger partial charge in [-0.3, -0.25) is 14.7 Å². The molecule has 0 bridgehead atoms. The predicted octanol–water partition coefficient (Wildman–Crippen LogP) is 1.43. The monoisotopic (exact) mass is 363 g/mol. The molecular formula is C16H18FN5O2S. The van der Waals surface area contributed by atoms with Gasteiger partial charge in [-0.15, -0.1) is 5.10 Å². The van der Waals surface area contributed by atoms with Crippen molar-refractivity contribution in [2.45, 2.75) is 18.0 Å². The van der Waals surface area contributed by atoms with Crippen molar-refractivity contribution in [2.24, 2.45) is 11.7 Å². The number of nitrogens with one attached hydrogen (secondary N) is 1. The number of carbonyl (C=O) groups excluding carboxylic acids is 2. The fraction of sp³-hybridized carbons (Fsp3) is 0.375. The SMILES string of the molecule is NC(=O)C1CCN(C(=O)CSc2n[nH]c(-c3ccccc3F)n2)CC1. The summed E-state index contributed by atoms with van der Waals surface area (Å²) in [5.74, 6) is -0.351. The summed E-state index contributed by atoms with van der Waals surface area (Å²) < 4.78 is 13.7. The lowest BCUT2D eigenvalue weighted by atomic mass is 9.96.